The second kappa shape index (κ2) is 5.60. The molecule has 0 aliphatic carbocycles. The zero-order valence-corrected chi connectivity index (χ0v) is 13.6. The Morgan fingerprint density at radius 3 is 2.23 bits per heavy atom. The van der Waals surface area contributed by atoms with Crippen molar-refractivity contribution in [2.24, 2.45) is 5.41 Å². The smallest absolute Gasteiger partial charge is 0.254 e. The first-order valence-electron chi connectivity index (χ1n) is 7.87. The third-order valence-electron chi connectivity index (χ3n) is 4.04. The molecule has 1 aliphatic rings. The molecule has 0 atom stereocenters. The summed E-state index contributed by atoms with van der Waals surface area (Å²) in [4.78, 5) is 14.7. The summed E-state index contributed by atoms with van der Waals surface area (Å²) in [6, 6.07) is 16.4. The highest BCUT2D eigenvalue weighted by molar-refractivity contribution is 5.94. The summed E-state index contributed by atoms with van der Waals surface area (Å²) < 4.78 is 0. The number of benzene rings is 2. The SMILES string of the molecule is CC(C)(C)Cc1cccc(C(=O)N2Cc3ccccc3C2)c1. The number of nitrogens with zero attached hydrogens (tertiary/aromatic N) is 1. The lowest BCUT2D eigenvalue weighted by molar-refractivity contribution is 0.0751. The molecule has 1 amide bonds. The van der Waals surface area contributed by atoms with Gasteiger partial charge in [0.15, 0.2) is 0 Å². The minimum absolute atomic E-state index is 0.131. The van der Waals surface area contributed by atoms with Crippen LogP contribution >= 0.6 is 0 Å². The fourth-order valence-corrected chi connectivity index (χ4v) is 3.09. The molecule has 0 saturated carbocycles. The van der Waals surface area contributed by atoms with Crippen LogP contribution in [0, 0.1) is 5.41 Å². The molecule has 1 heterocycles. The molecular weight excluding hydrogens is 270 g/mol. The standard InChI is InChI=1S/C20H23NO/c1-20(2,3)12-15-7-6-10-16(11-15)19(22)21-13-17-8-4-5-9-18(17)14-21/h4-11H,12-14H2,1-3H3. The van der Waals surface area contributed by atoms with Gasteiger partial charge in [0.1, 0.15) is 0 Å². The lowest BCUT2D eigenvalue weighted by atomic mass is 9.87. The molecule has 0 unspecified atom stereocenters. The van der Waals surface area contributed by atoms with Gasteiger partial charge in [-0.1, -0.05) is 57.2 Å². The van der Waals surface area contributed by atoms with Crippen molar-refractivity contribution in [3.8, 4) is 0 Å². The molecule has 2 aromatic carbocycles. The van der Waals surface area contributed by atoms with Gasteiger partial charge in [-0.15, -0.1) is 0 Å². The first-order valence-corrected chi connectivity index (χ1v) is 7.87. The van der Waals surface area contributed by atoms with Crippen LogP contribution < -0.4 is 0 Å². The van der Waals surface area contributed by atoms with Crippen molar-refractivity contribution >= 4 is 5.91 Å². The molecule has 0 bridgehead atoms. The summed E-state index contributed by atoms with van der Waals surface area (Å²) in [5.74, 6) is 0.131. The van der Waals surface area contributed by atoms with E-state index in [2.05, 4.69) is 45.0 Å². The summed E-state index contributed by atoms with van der Waals surface area (Å²) >= 11 is 0. The maximum Gasteiger partial charge on any atom is 0.254 e. The van der Waals surface area contributed by atoms with Gasteiger partial charge in [-0.2, -0.15) is 0 Å². The Hall–Kier alpha value is -2.09. The highest BCUT2D eigenvalue weighted by Crippen LogP contribution is 2.25. The van der Waals surface area contributed by atoms with Crippen LogP contribution in [0.25, 0.3) is 0 Å². The van der Waals surface area contributed by atoms with E-state index in [1.54, 1.807) is 0 Å². The van der Waals surface area contributed by atoms with Crippen molar-refractivity contribution < 1.29 is 4.79 Å². The van der Waals surface area contributed by atoms with Crippen molar-refractivity contribution in [3.63, 3.8) is 0 Å². The summed E-state index contributed by atoms with van der Waals surface area (Å²) in [6.07, 6.45) is 0.981. The van der Waals surface area contributed by atoms with E-state index < -0.39 is 0 Å². The topological polar surface area (TPSA) is 20.3 Å². The minimum atomic E-state index is 0.131. The van der Waals surface area contributed by atoms with Gasteiger partial charge >= 0.3 is 0 Å². The molecular formula is C20H23NO. The zero-order valence-electron chi connectivity index (χ0n) is 13.6. The van der Waals surface area contributed by atoms with Crippen LogP contribution in [0.3, 0.4) is 0 Å². The monoisotopic (exact) mass is 293 g/mol. The van der Waals surface area contributed by atoms with Gasteiger partial charge in [0.25, 0.3) is 5.91 Å². The number of carbonyl (C=O) groups is 1. The molecule has 0 spiro atoms. The normalized spacial score (nSPS) is 14.0. The maximum atomic E-state index is 12.8. The molecule has 0 radical (unpaired) electrons. The molecule has 0 N–H and O–H groups in total. The van der Waals surface area contributed by atoms with Gasteiger partial charge < -0.3 is 4.90 Å². The fraction of sp³-hybridized carbons (Fsp3) is 0.350. The number of amides is 1. The lowest BCUT2D eigenvalue weighted by Crippen LogP contribution is -2.25. The first-order chi connectivity index (χ1) is 10.4. The molecule has 22 heavy (non-hydrogen) atoms. The summed E-state index contributed by atoms with van der Waals surface area (Å²) in [6.45, 7) is 8.10. The number of hydrogen-bond acceptors (Lipinski definition) is 1. The van der Waals surface area contributed by atoms with Crippen LogP contribution in [0.1, 0.15) is 47.8 Å². The van der Waals surface area contributed by atoms with Gasteiger partial charge in [-0.3, -0.25) is 4.79 Å². The Morgan fingerprint density at radius 1 is 1.00 bits per heavy atom. The Labute approximate surface area is 132 Å². The molecule has 0 fully saturated rings. The Balaban J connectivity index is 1.78. The highest BCUT2D eigenvalue weighted by Gasteiger charge is 2.24. The lowest BCUT2D eigenvalue weighted by Gasteiger charge is -2.19. The molecule has 114 valence electrons. The number of carbonyl (C=O) groups excluding carboxylic acids is 1. The van der Waals surface area contributed by atoms with Crippen molar-refractivity contribution in [2.75, 3.05) is 0 Å². The van der Waals surface area contributed by atoms with Crippen molar-refractivity contribution in [1.29, 1.82) is 0 Å². The second-order valence-corrected chi connectivity index (χ2v) is 7.37. The van der Waals surface area contributed by atoms with E-state index in [0.717, 1.165) is 25.1 Å². The van der Waals surface area contributed by atoms with Crippen molar-refractivity contribution in [2.45, 2.75) is 40.3 Å². The fourth-order valence-electron chi connectivity index (χ4n) is 3.09. The summed E-state index contributed by atoms with van der Waals surface area (Å²) in [7, 11) is 0. The Morgan fingerprint density at radius 2 is 1.64 bits per heavy atom. The van der Waals surface area contributed by atoms with E-state index in [0.29, 0.717) is 0 Å². The minimum Gasteiger partial charge on any atom is -0.330 e. The highest BCUT2D eigenvalue weighted by atomic mass is 16.2. The van der Waals surface area contributed by atoms with Crippen LogP contribution in [0.5, 0.6) is 0 Å². The molecule has 2 heteroatoms. The first kappa shape index (κ1) is 14.8. The van der Waals surface area contributed by atoms with Crippen LogP contribution in [0.15, 0.2) is 48.5 Å². The maximum absolute atomic E-state index is 12.8. The van der Waals surface area contributed by atoms with E-state index in [-0.39, 0.29) is 11.3 Å². The molecule has 3 rings (SSSR count). The van der Waals surface area contributed by atoms with Gasteiger partial charge in [0.05, 0.1) is 0 Å². The average Bonchev–Trinajstić information content (AvgIpc) is 2.88. The number of rotatable bonds is 2. The van der Waals surface area contributed by atoms with Crippen LogP contribution in [-0.4, -0.2) is 10.8 Å². The van der Waals surface area contributed by atoms with E-state index in [9.17, 15) is 4.79 Å². The van der Waals surface area contributed by atoms with E-state index in [1.807, 2.05) is 29.2 Å². The molecule has 2 nitrogen and oxygen atoms in total. The van der Waals surface area contributed by atoms with Gasteiger partial charge in [-0.25, -0.2) is 0 Å². The van der Waals surface area contributed by atoms with E-state index in [4.69, 9.17) is 0 Å². The average molecular weight is 293 g/mol. The Kier molecular flexibility index (Phi) is 3.78. The zero-order chi connectivity index (χ0) is 15.7. The van der Waals surface area contributed by atoms with E-state index in [1.165, 1.54) is 16.7 Å². The van der Waals surface area contributed by atoms with Crippen molar-refractivity contribution in [1.82, 2.24) is 4.90 Å². The quantitative estimate of drug-likeness (QED) is 0.802. The molecule has 0 aromatic heterocycles. The van der Waals surface area contributed by atoms with Crippen LogP contribution in [0.4, 0.5) is 0 Å². The van der Waals surface area contributed by atoms with Gasteiger partial charge in [0, 0.05) is 18.7 Å². The Bertz CT molecular complexity index is 672. The molecule has 2 aromatic rings. The van der Waals surface area contributed by atoms with Gasteiger partial charge in [0.2, 0.25) is 0 Å². The van der Waals surface area contributed by atoms with Crippen LogP contribution in [-0.2, 0) is 19.5 Å². The van der Waals surface area contributed by atoms with Gasteiger partial charge in [-0.05, 0) is 40.7 Å². The third kappa shape index (κ3) is 3.22. The number of hydrogen-bond donors (Lipinski definition) is 0. The van der Waals surface area contributed by atoms with Crippen molar-refractivity contribution in [3.05, 3.63) is 70.8 Å². The predicted molar refractivity (Wildman–Crippen MR) is 89.6 cm³/mol. The predicted octanol–water partition coefficient (Wildman–Crippen LogP) is 4.43. The second-order valence-electron chi connectivity index (χ2n) is 7.37. The summed E-state index contributed by atoms with van der Waals surface area (Å²) in [5, 5.41) is 0. The largest absolute Gasteiger partial charge is 0.330 e. The van der Waals surface area contributed by atoms with Crippen LogP contribution in [0.2, 0.25) is 0 Å². The molecule has 1 aliphatic heterocycles. The number of fused-ring (bicyclic) bond motifs is 1. The summed E-state index contributed by atoms with van der Waals surface area (Å²) in [5.41, 5.74) is 4.79. The third-order valence-corrected chi connectivity index (χ3v) is 4.04. The molecule has 0 saturated heterocycles. The van der Waals surface area contributed by atoms with E-state index >= 15 is 0 Å².